The van der Waals surface area contributed by atoms with Crippen molar-refractivity contribution in [3.8, 4) is 0 Å². The molecule has 3 amide bonds. The SMILES string of the molecule is CC(O)(C(=O)NCC(F)(F)C(F)(F)F)C(=O)N[C@H]1CN(CC(F)(F)F)c2ccccc2N(CCO)C1=O. The predicted molar refractivity (Wildman–Crippen MR) is 111 cm³/mol. The summed E-state index contributed by atoms with van der Waals surface area (Å²) in [4.78, 5) is 39.3. The number of aliphatic hydroxyl groups is 2. The van der Waals surface area contributed by atoms with Crippen LogP contribution in [0.5, 0.6) is 0 Å². The molecule has 0 aromatic heterocycles. The quantitative estimate of drug-likeness (QED) is 0.283. The number of carbonyl (C=O) groups excluding carboxylic acids is 3. The van der Waals surface area contributed by atoms with E-state index in [-0.39, 0.29) is 11.4 Å². The van der Waals surface area contributed by atoms with Gasteiger partial charge in [-0.1, -0.05) is 12.1 Å². The highest BCUT2D eigenvalue weighted by molar-refractivity contribution is 6.10. The van der Waals surface area contributed by atoms with Crippen LogP contribution in [0, 0.1) is 0 Å². The highest BCUT2D eigenvalue weighted by atomic mass is 19.4. The van der Waals surface area contributed by atoms with Crippen LogP contribution in [0.3, 0.4) is 0 Å². The molecule has 0 saturated carbocycles. The summed E-state index contributed by atoms with van der Waals surface area (Å²) in [6, 6.07) is 3.42. The maximum Gasteiger partial charge on any atom is 0.455 e. The van der Waals surface area contributed by atoms with Gasteiger partial charge in [0, 0.05) is 13.1 Å². The molecule has 0 saturated heterocycles. The van der Waals surface area contributed by atoms with Gasteiger partial charge >= 0.3 is 18.3 Å². The van der Waals surface area contributed by atoms with E-state index >= 15 is 0 Å². The number of nitrogens with zero attached hydrogens (tertiary/aromatic N) is 2. The molecule has 0 aliphatic carbocycles. The third-order valence-electron chi connectivity index (χ3n) is 5.25. The Morgan fingerprint density at radius 2 is 1.59 bits per heavy atom. The monoisotopic (exact) mass is 550 g/mol. The minimum Gasteiger partial charge on any atom is -0.395 e. The Morgan fingerprint density at radius 1 is 1.03 bits per heavy atom. The van der Waals surface area contributed by atoms with Gasteiger partial charge in [0.2, 0.25) is 5.60 Å². The van der Waals surface area contributed by atoms with Crippen molar-refractivity contribution in [2.75, 3.05) is 42.6 Å². The molecule has 17 heteroatoms. The van der Waals surface area contributed by atoms with E-state index in [1.165, 1.54) is 24.3 Å². The van der Waals surface area contributed by atoms with Crippen LogP contribution < -0.4 is 20.4 Å². The molecule has 1 heterocycles. The number of fused-ring (bicyclic) bond motifs is 1. The topological polar surface area (TPSA) is 122 Å². The maximum atomic E-state index is 13.3. The number of hydrogen-bond donors (Lipinski definition) is 4. The summed E-state index contributed by atoms with van der Waals surface area (Å²) in [6.07, 6.45) is -10.8. The Labute approximate surface area is 204 Å². The normalized spacial score (nSPS) is 18.6. The van der Waals surface area contributed by atoms with Crippen LogP contribution in [-0.4, -0.2) is 90.6 Å². The largest absolute Gasteiger partial charge is 0.455 e. The van der Waals surface area contributed by atoms with Crippen molar-refractivity contribution in [3.63, 3.8) is 0 Å². The first kappa shape index (κ1) is 30.0. The summed E-state index contributed by atoms with van der Waals surface area (Å²) >= 11 is 0. The molecule has 0 spiro atoms. The minimum absolute atomic E-state index is 0.0542. The van der Waals surface area contributed by atoms with E-state index in [0.717, 1.165) is 10.2 Å². The third-order valence-corrected chi connectivity index (χ3v) is 5.25. The average Bonchev–Trinajstić information content (AvgIpc) is 2.86. The van der Waals surface area contributed by atoms with Crippen LogP contribution in [0.15, 0.2) is 24.3 Å². The summed E-state index contributed by atoms with van der Waals surface area (Å²) in [6.45, 7) is -5.40. The van der Waals surface area contributed by atoms with Gasteiger partial charge in [-0.2, -0.15) is 35.1 Å². The van der Waals surface area contributed by atoms with Crippen LogP contribution in [0.25, 0.3) is 0 Å². The lowest BCUT2D eigenvalue weighted by Crippen LogP contribution is -2.62. The molecule has 1 aliphatic rings. The first-order chi connectivity index (χ1) is 16.8. The Hall–Kier alpha value is -3.21. The van der Waals surface area contributed by atoms with Gasteiger partial charge in [-0.3, -0.25) is 14.4 Å². The van der Waals surface area contributed by atoms with Crippen molar-refractivity contribution in [1.82, 2.24) is 10.6 Å². The lowest BCUT2D eigenvalue weighted by atomic mass is 10.0. The van der Waals surface area contributed by atoms with Crippen molar-refractivity contribution in [2.24, 2.45) is 0 Å². The summed E-state index contributed by atoms with van der Waals surface area (Å²) < 4.78 is 103. The minimum atomic E-state index is -6.05. The standard InChI is InChI=1S/C20H22F8N4O5/c1-17(37,15(35)29-9-18(21,22)20(26,27)28)16(36)30-11-8-31(10-19(23,24)25)12-4-2-3-5-13(12)32(6-7-33)14(11)34/h2-5,11,33,37H,6-10H2,1H3,(H,29,35)(H,30,36)/t11-,17?/m0/s1. The van der Waals surface area contributed by atoms with Gasteiger partial charge in [0.1, 0.15) is 12.6 Å². The molecule has 0 bridgehead atoms. The number of alkyl halides is 8. The van der Waals surface area contributed by atoms with E-state index in [2.05, 4.69) is 0 Å². The maximum absolute atomic E-state index is 13.3. The highest BCUT2D eigenvalue weighted by Gasteiger charge is 2.58. The molecular weight excluding hydrogens is 528 g/mol. The van der Waals surface area contributed by atoms with Gasteiger partial charge < -0.3 is 30.6 Å². The van der Waals surface area contributed by atoms with Crippen molar-refractivity contribution >= 4 is 29.1 Å². The number of hydrogen-bond acceptors (Lipinski definition) is 6. The van der Waals surface area contributed by atoms with E-state index in [1.807, 2.05) is 5.32 Å². The zero-order chi connectivity index (χ0) is 28.4. The molecular formula is C20H22F8N4O5. The fraction of sp³-hybridized carbons (Fsp3) is 0.550. The van der Waals surface area contributed by atoms with Crippen molar-refractivity contribution in [1.29, 1.82) is 0 Å². The number of benzene rings is 1. The number of carbonyl (C=O) groups is 3. The molecule has 4 N–H and O–H groups in total. The van der Waals surface area contributed by atoms with Crippen molar-refractivity contribution in [2.45, 2.75) is 36.8 Å². The van der Waals surface area contributed by atoms with Crippen LogP contribution >= 0.6 is 0 Å². The average molecular weight is 550 g/mol. The van der Waals surface area contributed by atoms with Gasteiger partial charge in [-0.25, -0.2) is 0 Å². The Bertz CT molecular complexity index is 1020. The van der Waals surface area contributed by atoms with Crippen molar-refractivity contribution < 1.29 is 59.7 Å². The Morgan fingerprint density at radius 3 is 2.11 bits per heavy atom. The van der Waals surface area contributed by atoms with Gasteiger partial charge in [0.25, 0.3) is 17.7 Å². The lowest BCUT2D eigenvalue weighted by molar-refractivity contribution is -0.278. The van der Waals surface area contributed by atoms with E-state index in [9.17, 15) is 59.7 Å². The van der Waals surface area contributed by atoms with Crippen LogP contribution in [0.4, 0.5) is 46.5 Å². The molecule has 2 atom stereocenters. The number of para-hydroxylation sites is 2. The second-order valence-electron chi connectivity index (χ2n) is 8.18. The molecule has 2 rings (SSSR count). The Balaban J connectivity index is 2.32. The molecule has 1 unspecified atom stereocenters. The van der Waals surface area contributed by atoms with Gasteiger partial charge in [0.15, 0.2) is 0 Å². The molecule has 1 aromatic carbocycles. The number of amides is 3. The second kappa shape index (κ2) is 10.6. The summed E-state index contributed by atoms with van der Waals surface area (Å²) in [7, 11) is 0. The summed E-state index contributed by atoms with van der Waals surface area (Å²) in [5.74, 6) is -10.2. The molecule has 1 aliphatic heterocycles. The van der Waals surface area contributed by atoms with E-state index in [0.29, 0.717) is 11.8 Å². The highest BCUT2D eigenvalue weighted by Crippen LogP contribution is 2.36. The molecule has 208 valence electrons. The van der Waals surface area contributed by atoms with Gasteiger partial charge in [0.05, 0.1) is 24.5 Å². The number of halogens is 8. The van der Waals surface area contributed by atoms with Gasteiger partial charge in [-0.05, 0) is 19.1 Å². The number of nitrogens with one attached hydrogen (secondary N) is 2. The molecule has 0 radical (unpaired) electrons. The first-order valence-corrected chi connectivity index (χ1v) is 10.4. The smallest absolute Gasteiger partial charge is 0.395 e. The zero-order valence-corrected chi connectivity index (χ0v) is 19.0. The van der Waals surface area contributed by atoms with E-state index in [1.54, 1.807) is 0 Å². The van der Waals surface area contributed by atoms with Crippen molar-refractivity contribution in [3.05, 3.63) is 24.3 Å². The number of β-amino-alcohol motifs (C(OH)–C–C–N with tert-alkyl or cyclic N) is 1. The summed E-state index contributed by atoms with van der Waals surface area (Å²) in [5.41, 5.74) is -3.46. The fourth-order valence-corrected chi connectivity index (χ4v) is 3.33. The number of rotatable bonds is 8. The first-order valence-electron chi connectivity index (χ1n) is 10.4. The number of anilines is 2. The number of aliphatic hydroxyl groups excluding tert-OH is 1. The lowest BCUT2D eigenvalue weighted by Gasteiger charge is -2.29. The fourth-order valence-electron chi connectivity index (χ4n) is 3.33. The third kappa shape index (κ3) is 6.97. The summed E-state index contributed by atoms with van der Waals surface area (Å²) in [5, 5.41) is 22.5. The van der Waals surface area contributed by atoms with Crippen LogP contribution in [-0.2, 0) is 14.4 Å². The molecule has 9 nitrogen and oxygen atoms in total. The second-order valence-corrected chi connectivity index (χ2v) is 8.18. The molecule has 1 aromatic rings. The van der Waals surface area contributed by atoms with Gasteiger partial charge in [-0.15, -0.1) is 0 Å². The molecule has 0 fully saturated rings. The predicted octanol–water partition coefficient (Wildman–Crippen LogP) is 0.944. The zero-order valence-electron chi connectivity index (χ0n) is 19.0. The Kier molecular flexibility index (Phi) is 8.64. The van der Waals surface area contributed by atoms with Crippen LogP contribution in [0.2, 0.25) is 0 Å². The van der Waals surface area contributed by atoms with E-state index in [4.69, 9.17) is 0 Å². The molecule has 37 heavy (non-hydrogen) atoms. The van der Waals surface area contributed by atoms with E-state index < -0.39 is 80.4 Å². The van der Waals surface area contributed by atoms with Crippen LogP contribution in [0.1, 0.15) is 6.92 Å².